The lowest BCUT2D eigenvalue weighted by molar-refractivity contribution is -0.120. The summed E-state index contributed by atoms with van der Waals surface area (Å²) in [6.07, 6.45) is 1.39. The minimum Gasteiger partial charge on any atom is -0.383 e. The average Bonchev–Trinajstić information content (AvgIpc) is 2.51. The minimum atomic E-state index is -0.172. The third kappa shape index (κ3) is 5.83. The van der Waals surface area contributed by atoms with Crippen LogP contribution >= 0.6 is 0 Å². The zero-order valence-corrected chi connectivity index (χ0v) is 13.3. The van der Waals surface area contributed by atoms with E-state index in [1.54, 1.807) is 7.11 Å². The first-order chi connectivity index (χ1) is 10.1. The Morgan fingerprint density at radius 2 is 2.05 bits per heavy atom. The van der Waals surface area contributed by atoms with Crippen LogP contribution in [0.3, 0.4) is 0 Å². The fourth-order valence-corrected chi connectivity index (χ4v) is 2.25. The Labute approximate surface area is 127 Å². The number of carbonyl (C=O) groups excluding carboxylic acids is 1. The lowest BCUT2D eigenvalue weighted by Gasteiger charge is -2.29. The van der Waals surface area contributed by atoms with Gasteiger partial charge < -0.3 is 4.74 Å². The van der Waals surface area contributed by atoms with E-state index in [1.807, 2.05) is 18.2 Å². The van der Waals surface area contributed by atoms with Crippen molar-refractivity contribution >= 4 is 5.91 Å². The monoisotopic (exact) mass is 293 g/mol. The summed E-state index contributed by atoms with van der Waals surface area (Å²) in [5.41, 5.74) is 4.37. The zero-order valence-electron chi connectivity index (χ0n) is 13.3. The molecule has 0 aromatic heterocycles. The number of carbonyl (C=O) groups is 1. The van der Waals surface area contributed by atoms with Crippen molar-refractivity contribution in [1.82, 2.24) is 10.3 Å². The highest BCUT2D eigenvalue weighted by Gasteiger charge is 2.15. The first-order valence-corrected chi connectivity index (χ1v) is 7.41. The van der Waals surface area contributed by atoms with Gasteiger partial charge in [-0.05, 0) is 24.5 Å². The Bertz CT molecular complexity index is 437. The van der Waals surface area contributed by atoms with Gasteiger partial charge >= 0.3 is 0 Å². The molecule has 0 saturated heterocycles. The fraction of sp³-hybridized carbons (Fsp3) is 0.562. The van der Waals surface area contributed by atoms with Crippen molar-refractivity contribution in [2.24, 2.45) is 5.84 Å². The summed E-state index contributed by atoms with van der Waals surface area (Å²) < 4.78 is 5.19. The van der Waals surface area contributed by atoms with Crippen molar-refractivity contribution < 1.29 is 9.53 Å². The molecule has 21 heavy (non-hydrogen) atoms. The van der Waals surface area contributed by atoms with E-state index in [9.17, 15) is 4.79 Å². The molecule has 0 saturated carbocycles. The van der Waals surface area contributed by atoms with Crippen LogP contribution < -0.4 is 11.3 Å². The highest BCUT2D eigenvalue weighted by molar-refractivity contribution is 5.78. The number of nitrogens with zero attached hydrogens (tertiary/aromatic N) is 1. The summed E-state index contributed by atoms with van der Waals surface area (Å²) in [4.78, 5) is 13.9. The van der Waals surface area contributed by atoms with E-state index in [-0.39, 0.29) is 5.91 Å². The number of hydrogen-bond donors (Lipinski definition) is 2. The van der Waals surface area contributed by atoms with Crippen LogP contribution in [-0.2, 0) is 22.5 Å². The van der Waals surface area contributed by atoms with Crippen LogP contribution in [0, 0.1) is 0 Å². The topological polar surface area (TPSA) is 67.6 Å². The molecule has 3 N–H and O–H groups in total. The van der Waals surface area contributed by atoms with Crippen molar-refractivity contribution in [3.05, 3.63) is 35.4 Å². The Morgan fingerprint density at radius 1 is 1.38 bits per heavy atom. The molecule has 0 bridgehead atoms. The van der Waals surface area contributed by atoms with E-state index in [0.29, 0.717) is 19.1 Å². The number of amides is 1. The number of nitrogens with one attached hydrogen (secondary N) is 1. The Kier molecular flexibility index (Phi) is 7.97. The molecule has 1 aromatic carbocycles. The minimum absolute atomic E-state index is 0.172. The maximum atomic E-state index is 11.5. The summed E-state index contributed by atoms with van der Waals surface area (Å²) in [5, 5.41) is 0. The van der Waals surface area contributed by atoms with Crippen LogP contribution in [-0.4, -0.2) is 37.1 Å². The van der Waals surface area contributed by atoms with Crippen molar-refractivity contribution in [1.29, 1.82) is 0 Å². The molecular weight excluding hydrogens is 266 g/mol. The number of ether oxygens (including phenoxy) is 1. The SMILES string of the molecule is CCC(C)N(CCOC)Cc1ccccc1CC(=O)NN. The first kappa shape index (κ1) is 17.6. The molecule has 118 valence electrons. The molecule has 1 aromatic rings. The Morgan fingerprint density at radius 3 is 2.62 bits per heavy atom. The number of benzene rings is 1. The van der Waals surface area contributed by atoms with Gasteiger partial charge in [-0.1, -0.05) is 31.2 Å². The normalized spacial score (nSPS) is 12.4. The van der Waals surface area contributed by atoms with Gasteiger partial charge in [0.05, 0.1) is 13.0 Å². The molecule has 0 aliphatic carbocycles. The molecule has 5 nitrogen and oxygen atoms in total. The van der Waals surface area contributed by atoms with Gasteiger partial charge in [-0.2, -0.15) is 0 Å². The zero-order chi connectivity index (χ0) is 15.7. The van der Waals surface area contributed by atoms with E-state index in [1.165, 1.54) is 0 Å². The van der Waals surface area contributed by atoms with Gasteiger partial charge in [-0.15, -0.1) is 0 Å². The molecule has 1 amide bonds. The van der Waals surface area contributed by atoms with E-state index in [4.69, 9.17) is 10.6 Å². The number of methoxy groups -OCH3 is 1. The molecule has 5 heteroatoms. The van der Waals surface area contributed by atoms with Gasteiger partial charge in [-0.25, -0.2) is 5.84 Å². The maximum absolute atomic E-state index is 11.5. The van der Waals surface area contributed by atoms with Gasteiger partial charge in [-0.3, -0.25) is 15.1 Å². The third-order valence-electron chi connectivity index (χ3n) is 3.80. The van der Waals surface area contributed by atoms with E-state index in [0.717, 1.165) is 30.6 Å². The predicted octanol–water partition coefficient (Wildman–Crippen LogP) is 1.47. The molecule has 0 spiro atoms. The van der Waals surface area contributed by atoms with Crippen molar-refractivity contribution in [3.63, 3.8) is 0 Å². The number of rotatable bonds is 9. The summed E-state index contributed by atoms with van der Waals surface area (Å²) in [7, 11) is 1.72. The second kappa shape index (κ2) is 9.50. The number of hydrogen-bond acceptors (Lipinski definition) is 4. The molecule has 1 atom stereocenters. The largest absolute Gasteiger partial charge is 0.383 e. The quantitative estimate of drug-likeness (QED) is 0.411. The highest BCUT2D eigenvalue weighted by Crippen LogP contribution is 2.15. The third-order valence-corrected chi connectivity index (χ3v) is 3.80. The van der Waals surface area contributed by atoms with Gasteiger partial charge in [0.15, 0.2) is 0 Å². The van der Waals surface area contributed by atoms with Crippen LogP contribution in [0.15, 0.2) is 24.3 Å². The molecular formula is C16H27N3O2. The molecule has 0 aliphatic rings. The van der Waals surface area contributed by atoms with Gasteiger partial charge in [0, 0.05) is 26.2 Å². The Balaban J connectivity index is 2.84. The van der Waals surface area contributed by atoms with Gasteiger partial charge in [0.2, 0.25) is 5.91 Å². The van der Waals surface area contributed by atoms with Crippen LogP contribution in [0.25, 0.3) is 0 Å². The second-order valence-corrected chi connectivity index (χ2v) is 5.23. The summed E-state index contributed by atoms with van der Waals surface area (Å²) in [6, 6.07) is 8.48. The summed E-state index contributed by atoms with van der Waals surface area (Å²) in [6.45, 7) is 6.79. The summed E-state index contributed by atoms with van der Waals surface area (Å²) >= 11 is 0. The standard InChI is InChI=1S/C16H27N3O2/c1-4-13(2)19(9-10-21-3)12-15-8-6-5-7-14(15)11-16(20)18-17/h5-8,13H,4,9-12,17H2,1-3H3,(H,18,20). The number of hydrazine groups is 1. The molecule has 0 heterocycles. The van der Waals surface area contributed by atoms with Crippen LogP contribution in [0.1, 0.15) is 31.4 Å². The lowest BCUT2D eigenvalue weighted by atomic mass is 10.0. The van der Waals surface area contributed by atoms with Crippen LogP contribution in [0.2, 0.25) is 0 Å². The molecule has 1 unspecified atom stereocenters. The average molecular weight is 293 g/mol. The lowest BCUT2D eigenvalue weighted by Crippen LogP contribution is -2.35. The van der Waals surface area contributed by atoms with E-state index >= 15 is 0 Å². The molecule has 1 rings (SSSR count). The molecule has 0 fully saturated rings. The maximum Gasteiger partial charge on any atom is 0.238 e. The van der Waals surface area contributed by atoms with Gasteiger partial charge in [0.25, 0.3) is 0 Å². The predicted molar refractivity (Wildman–Crippen MR) is 84.5 cm³/mol. The fourth-order valence-electron chi connectivity index (χ4n) is 2.25. The van der Waals surface area contributed by atoms with Crippen molar-refractivity contribution in [3.8, 4) is 0 Å². The first-order valence-electron chi connectivity index (χ1n) is 7.41. The summed E-state index contributed by atoms with van der Waals surface area (Å²) in [5.74, 6) is 5.01. The van der Waals surface area contributed by atoms with Crippen molar-refractivity contribution in [2.45, 2.75) is 39.3 Å². The smallest absolute Gasteiger partial charge is 0.238 e. The molecule has 0 aliphatic heterocycles. The Hall–Kier alpha value is -1.43. The van der Waals surface area contributed by atoms with Crippen molar-refractivity contribution in [2.75, 3.05) is 20.3 Å². The van der Waals surface area contributed by atoms with E-state index in [2.05, 4.69) is 30.2 Å². The van der Waals surface area contributed by atoms with Crippen LogP contribution in [0.5, 0.6) is 0 Å². The van der Waals surface area contributed by atoms with Gasteiger partial charge in [0.1, 0.15) is 0 Å². The number of nitrogens with two attached hydrogens (primary N) is 1. The molecule has 0 radical (unpaired) electrons. The second-order valence-electron chi connectivity index (χ2n) is 5.23. The van der Waals surface area contributed by atoms with Crippen LogP contribution in [0.4, 0.5) is 0 Å². The van der Waals surface area contributed by atoms with E-state index < -0.39 is 0 Å². The highest BCUT2D eigenvalue weighted by atomic mass is 16.5.